The van der Waals surface area contributed by atoms with Gasteiger partial charge in [0.2, 0.25) is 17.7 Å². The molecule has 0 radical (unpaired) electrons. The van der Waals surface area contributed by atoms with Crippen LogP contribution in [0.3, 0.4) is 0 Å². The Kier molecular flexibility index (Phi) is 5.28. The molecule has 9 nitrogen and oxygen atoms in total. The maximum Gasteiger partial charge on any atom is 0.416 e. The van der Waals surface area contributed by atoms with Crippen molar-refractivity contribution in [3.8, 4) is 11.6 Å². The second kappa shape index (κ2) is 7.94. The third-order valence-corrected chi connectivity index (χ3v) is 5.08. The normalized spacial score (nSPS) is 18.4. The van der Waals surface area contributed by atoms with E-state index in [1.807, 2.05) is 0 Å². The van der Waals surface area contributed by atoms with Gasteiger partial charge < -0.3 is 20.8 Å². The smallest absolute Gasteiger partial charge is 0.416 e. The molecule has 1 aromatic carbocycles. The lowest BCUT2D eigenvalue weighted by molar-refractivity contribution is -0.137. The van der Waals surface area contributed by atoms with Gasteiger partial charge in [-0.15, -0.1) is 10.2 Å². The summed E-state index contributed by atoms with van der Waals surface area (Å²) >= 11 is 0. The minimum Gasteiger partial charge on any atom is -0.418 e. The average Bonchev–Trinajstić information content (AvgIpc) is 3.36. The van der Waals surface area contributed by atoms with Crippen LogP contribution in [0.25, 0.3) is 11.6 Å². The number of aromatic nitrogens is 3. The van der Waals surface area contributed by atoms with E-state index >= 15 is 0 Å². The number of amides is 2. The highest BCUT2D eigenvalue weighted by Gasteiger charge is 2.50. The number of hydrogen-bond acceptors (Lipinski definition) is 7. The van der Waals surface area contributed by atoms with E-state index in [-0.39, 0.29) is 30.3 Å². The molecule has 0 aliphatic carbocycles. The molecule has 2 aromatic heterocycles. The highest BCUT2D eigenvalue weighted by molar-refractivity contribution is 5.94. The first-order valence-corrected chi connectivity index (χ1v) is 9.49. The summed E-state index contributed by atoms with van der Waals surface area (Å²) in [4.78, 5) is 28.2. The van der Waals surface area contributed by atoms with E-state index in [0.29, 0.717) is 17.9 Å². The number of nitrogens with one attached hydrogen (secondary N) is 2. The zero-order valence-corrected chi connectivity index (χ0v) is 16.4. The van der Waals surface area contributed by atoms with E-state index in [0.717, 1.165) is 12.1 Å². The predicted octanol–water partition coefficient (Wildman–Crippen LogP) is 2.53. The van der Waals surface area contributed by atoms with Crippen LogP contribution in [0, 0.1) is 0 Å². The number of alkyl halides is 3. The highest BCUT2D eigenvalue weighted by Crippen LogP contribution is 2.37. The Morgan fingerprint density at radius 3 is 2.59 bits per heavy atom. The van der Waals surface area contributed by atoms with Crippen LogP contribution in [-0.4, -0.2) is 33.5 Å². The zero-order chi connectivity index (χ0) is 22.9. The number of nitrogens with zero attached hydrogens (tertiary/aromatic N) is 3. The van der Waals surface area contributed by atoms with Gasteiger partial charge in [-0.3, -0.25) is 9.59 Å². The van der Waals surface area contributed by atoms with Crippen LogP contribution in [0.15, 0.2) is 47.0 Å². The van der Waals surface area contributed by atoms with Gasteiger partial charge in [-0.05, 0) is 42.8 Å². The topological polar surface area (TPSA) is 136 Å². The summed E-state index contributed by atoms with van der Waals surface area (Å²) < 4.78 is 44.1. The van der Waals surface area contributed by atoms with Gasteiger partial charge in [0, 0.05) is 24.8 Å². The number of primary amides is 1. The van der Waals surface area contributed by atoms with Crippen LogP contribution in [0.1, 0.15) is 24.3 Å². The molecule has 1 saturated heterocycles. The quantitative estimate of drug-likeness (QED) is 0.529. The van der Waals surface area contributed by atoms with Gasteiger partial charge in [0.15, 0.2) is 5.69 Å². The SMILES string of the molecule is NC(=O)CC1(c2nnc(-c3ncccc3Nc3ccc(C(F)(F)F)cc3)o2)CCNC1=O. The molecule has 1 aliphatic rings. The van der Waals surface area contributed by atoms with Crippen molar-refractivity contribution in [3.63, 3.8) is 0 Å². The van der Waals surface area contributed by atoms with Crippen LogP contribution < -0.4 is 16.4 Å². The summed E-state index contributed by atoms with van der Waals surface area (Å²) in [5.74, 6) is -1.22. The van der Waals surface area contributed by atoms with Gasteiger partial charge in [-0.1, -0.05) is 0 Å². The summed E-state index contributed by atoms with van der Waals surface area (Å²) in [6.07, 6.45) is -3.00. The lowest BCUT2D eigenvalue weighted by Gasteiger charge is -2.19. The molecule has 166 valence electrons. The van der Waals surface area contributed by atoms with Crippen LogP contribution in [0.4, 0.5) is 24.5 Å². The van der Waals surface area contributed by atoms with E-state index in [4.69, 9.17) is 10.2 Å². The number of carbonyl (C=O) groups excluding carboxylic acids is 2. The molecular formula is C20H17F3N6O3. The van der Waals surface area contributed by atoms with Crippen molar-refractivity contribution in [2.75, 3.05) is 11.9 Å². The number of hydrogen-bond donors (Lipinski definition) is 3. The standard InChI is InChI=1S/C20H17F3N6O3/c21-20(22,23)11-3-5-12(6-4-11)27-13-2-1-8-25-15(13)16-28-29-18(32-16)19(10-14(24)30)7-9-26-17(19)31/h1-6,8,27H,7,9-10H2,(H2,24,30)(H,26,31). The van der Waals surface area contributed by atoms with Crippen LogP contribution in [0.2, 0.25) is 0 Å². The van der Waals surface area contributed by atoms with Crippen molar-refractivity contribution >= 4 is 23.2 Å². The Morgan fingerprint density at radius 1 is 1.22 bits per heavy atom. The van der Waals surface area contributed by atoms with Crippen molar-refractivity contribution in [2.24, 2.45) is 5.73 Å². The number of rotatable bonds is 6. The summed E-state index contributed by atoms with van der Waals surface area (Å²) in [6, 6.07) is 7.72. The molecule has 0 spiro atoms. The maximum atomic E-state index is 12.8. The molecular weight excluding hydrogens is 429 g/mol. The third kappa shape index (κ3) is 3.98. The molecule has 1 atom stereocenters. The fourth-order valence-corrected chi connectivity index (χ4v) is 3.50. The van der Waals surface area contributed by atoms with Gasteiger partial charge in [-0.2, -0.15) is 13.2 Å². The molecule has 4 N–H and O–H groups in total. The summed E-state index contributed by atoms with van der Waals surface area (Å²) in [5, 5.41) is 13.5. The summed E-state index contributed by atoms with van der Waals surface area (Å²) in [5.41, 5.74) is 4.19. The van der Waals surface area contributed by atoms with Gasteiger partial charge >= 0.3 is 6.18 Å². The molecule has 3 aromatic rings. The fourth-order valence-electron chi connectivity index (χ4n) is 3.50. The number of halogens is 3. The molecule has 1 aliphatic heterocycles. The van der Waals surface area contributed by atoms with E-state index in [2.05, 4.69) is 25.8 Å². The zero-order valence-electron chi connectivity index (χ0n) is 16.4. The largest absolute Gasteiger partial charge is 0.418 e. The lowest BCUT2D eigenvalue weighted by atomic mass is 9.82. The second-order valence-corrected chi connectivity index (χ2v) is 7.24. The first kappa shape index (κ1) is 21.3. The number of benzene rings is 1. The monoisotopic (exact) mass is 446 g/mol. The van der Waals surface area contributed by atoms with Crippen molar-refractivity contribution in [3.05, 3.63) is 54.0 Å². The number of nitrogens with two attached hydrogens (primary N) is 1. The Hall–Kier alpha value is -3.96. The molecule has 2 amide bonds. The van der Waals surface area contributed by atoms with E-state index in [9.17, 15) is 22.8 Å². The molecule has 0 bridgehead atoms. The Bertz CT molecular complexity index is 1160. The van der Waals surface area contributed by atoms with Gasteiger partial charge in [0.1, 0.15) is 5.41 Å². The molecule has 1 unspecified atom stereocenters. The average molecular weight is 446 g/mol. The Balaban J connectivity index is 1.64. The van der Waals surface area contributed by atoms with Crippen LogP contribution in [0.5, 0.6) is 0 Å². The second-order valence-electron chi connectivity index (χ2n) is 7.24. The molecule has 0 saturated carbocycles. The van der Waals surface area contributed by atoms with Crippen molar-refractivity contribution in [1.29, 1.82) is 0 Å². The van der Waals surface area contributed by atoms with Gasteiger partial charge in [0.25, 0.3) is 5.89 Å². The van der Waals surface area contributed by atoms with Crippen molar-refractivity contribution in [2.45, 2.75) is 24.4 Å². The molecule has 1 fully saturated rings. The van der Waals surface area contributed by atoms with E-state index in [1.165, 1.54) is 18.3 Å². The number of anilines is 2. The predicted molar refractivity (Wildman–Crippen MR) is 105 cm³/mol. The molecule has 32 heavy (non-hydrogen) atoms. The minimum absolute atomic E-state index is 0.0291. The first-order chi connectivity index (χ1) is 15.2. The number of pyridine rings is 1. The minimum atomic E-state index is -4.44. The fraction of sp³-hybridized carbons (Fsp3) is 0.250. The Labute approximate surface area is 179 Å². The summed E-state index contributed by atoms with van der Waals surface area (Å²) in [7, 11) is 0. The lowest BCUT2D eigenvalue weighted by Crippen LogP contribution is -2.39. The van der Waals surface area contributed by atoms with E-state index < -0.39 is 29.0 Å². The van der Waals surface area contributed by atoms with Gasteiger partial charge in [-0.25, -0.2) is 4.98 Å². The molecule has 4 rings (SSSR count). The summed E-state index contributed by atoms with van der Waals surface area (Å²) in [6.45, 7) is 0.328. The Morgan fingerprint density at radius 2 is 1.97 bits per heavy atom. The molecule has 3 heterocycles. The molecule has 12 heteroatoms. The number of carbonyl (C=O) groups is 2. The van der Waals surface area contributed by atoms with Crippen LogP contribution in [-0.2, 0) is 21.2 Å². The maximum absolute atomic E-state index is 12.8. The third-order valence-electron chi connectivity index (χ3n) is 5.08. The van der Waals surface area contributed by atoms with Crippen molar-refractivity contribution < 1.29 is 27.2 Å². The van der Waals surface area contributed by atoms with Gasteiger partial charge in [0.05, 0.1) is 11.3 Å². The highest BCUT2D eigenvalue weighted by atomic mass is 19.4. The first-order valence-electron chi connectivity index (χ1n) is 9.49. The van der Waals surface area contributed by atoms with Crippen molar-refractivity contribution in [1.82, 2.24) is 20.5 Å². The van der Waals surface area contributed by atoms with E-state index in [1.54, 1.807) is 12.1 Å². The van der Waals surface area contributed by atoms with Crippen LogP contribution >= 0.6 is 0 Å².